The number of halogens is 2. The third-order valence-electron chi connectivity index (χ3n) is 3.36. The Morgan fingerprint density at radius 1 is 1.25 bits per heavy atom. The van der Waals surface area contributed by atoms with Crippen molar-refractivity contribution >= 4 is 40.9 Å². The summed E-state index contributed by atoms with van der Waals surface area (Å²) in [6.07, 6.45) is 1.68. The van der Waals surface area contributed by atoms with Gasteiger partial charge in [0.05, 0.1) is 0 Å². The Kier molecular flexibility index (Phi) is 5.61. The number of hydrogen-bond donors (Lipinski definition) is 2. The highest BCUT2D eigenvalue weighted by Gasteiger charge is 2.36. The minimum Gasteiger partial charge on any atom is -0.380 e. The topological polar surface area (TPSA) is 49.3 Å². The van der Waals surface area contributed by atoms with Gasteiger partial charge in [0, 0.05) is 16.6 Å². The van der Waals surface area contributed by atoms with Gasteiger partial charge in [-0.05, 0) is 54.5 Å². The molecule has 0 spiro atoms. The quantitative estimate of drug-likeness (QED) is 0.890. The standard InChI is InChI=1S/C14H17Cl2NO2S/c15-11-7-10(8-12(16)9-11)1-4-17-13(18)14(19)2-5-20-6-3-14/h7-9,19H,1-6H2,(H,17,18). The van der Waals surface area contributed by atoms with Crippen LogP contribution in [0.15, 0.2) is 18.2 Å². The van der Waals surface area contributed by atoms with Crippen LogP contribution in [-0.4, -0.2) is 34.7 Å². The van der Waals surface area contributed by atoms with E-state index in [4.69, 9.17) is 23.2 Å². The normalized spacial score (nSPS) is 17.8. The number of rotatable bonds is 4. The second-order valence-electron chi connectivity index (χ2n) is 4.93. The van der Waals surface area contributed by atoms with E-state index < -0.39 is 5.60 Å². The van der Waals surface area contributed by atoms with Gasteiger partial charge in [0.15, 0.2) is 0 Å². The number of aliphatic hydroxyl groups is 1. The van der Waals surface area contributed by atoms with Crippen LogP contribution >= 0.6 is 35.0 Å². The predicted molar refractivity (Wildman–Crippen MR) is 84.7 cm³/mol. The van der Waals surface area contributed by atoms with Crippen molar-refractivity contribution in [1.82, 2.24) is 5.32 Å². The predicted octanol–water partition coefficient (Wildman–Crippen LogP) is 2.91. The van der Waals surface area contributed by atoms with Crippen molar-refractivity contribution in [3.8, 4) is 0 Å². The van der Waals surface area contributed by atoms with Crippen molar-refractivity contribution in [1.29, 1.82) is 0 Å². The molecule has 110 valence electrons. The van der Waals surface area contributed by atoms with Crippen LogP contribution in [-0.2, 0) is 11.2 Å². The number of carbonyl (C=O) groups is 1. The first-order chi connectivity index (χ1) is 9.49. The van der Waals surface area contributed by atoms with Gasteiger partial charge < -0.3 is 10.4 Å². The lowest BCUT2D eigenvalue weighted by molar-refractivity contribution is -0.140. The van der Waals surface area contributed by atoms with Gasteiger partial charge in [0.1, 0.15) is 5.60 Å². The van der Waals surface area contributed by atoms with E-state index in [0.717, 1.165) is 17.1 Å². The molecule has 1 aromatic carbocycles. The SMILES string of the molecule is O=C(NCCc1cc(Cl)cc(Cl)c1)C1(O)CCSCC1. The van der Waals surface area contributed by atoms with Gasteiger partial charge in [-0.3, -0.25) is 4.79 Å². The van der Waals surface area contributed by atoms with E-state index in [0.29, 0.717) is 35.9 Å². The molecule has 1 saturated heterocycles. The Morgan fingerprint density at radius 2 is 1.85 bits per heavy atom. The van der Waals surface area contributed by atoms with Crippen molar-refractivity contribution in [3.63, 3.8) is 0 Å². The number of hydrogen-bond acceptors (Lipinski definition) is 3. The summed E-state index contributed by atoms with van der Waals surface area (Å²) in [5.41, 5.74) is -0.231. The molecular weight excluding hydrogens is 317 g/mol. The Bertz CT molecular complexity index is 470. The minimum absolute atomic E-state index is 0.272. The minimum atomic E-state index is -1.20. The van der Waals surface area contributed by atoms with E-state index >= 15 is 0 Å². The van der Waals surface area contributed by atoms with Crippen LogP contribution in [0, 0.1) is 0 Å². The van der Waals surface area contributed by atoms with Crippen molar-refractivity contribution in [3.05, 3.63) is 33.8 Å². The first-order valence-electron chi connectivity index (χ1n) is 6.53. The second kappa shape index (κ2) is 7.03. The highest BCUT2D eigenvalue weighted by molar-refractivity contribution is 7.99. The summed E-state index contributed by atoms with van der Waals surface area (Å²) in [6, 6.07) is 5.32. The Labute approximate surface area is 133 Å². The van der Waals surface area contributed by atoms with Gasteiger partial charge in [-0.25, -0.2) is 0 Å². The molecular formula is C14H17Cl2NO2S. The lowest BCUT2D eigenvalue weighted by Crippen LogP contribution is -2.49. The summed E-state index contributed by atoms with van der Waals surface area (Å²) in [5.74, 6) is 1.38. The molecule has 1 fully saturated rings. The van der Waals surface area contributed by atoms with Crippen molar-refractivity contribution in [2.45, 2.75) is 24.9 Å². The molecule has 3 nitrogen and oxygen atoms in total. The Morgan fingerprint density at radius 3 is 2.45 bits per heavy atom. The maximum atomic E-state index is 12.0. The molecule has 0 unspecified atom stereocenters. The lowest BCUT2D eigenvalue weighted by atomic mass is 9.96. The zero-order chi connectivity index (χ0) is 14.6. The summed E-state index contributed by atoms with van der Waals surface area (Å²) in [7, 11) is 0. The summed E-state index contributed by atoms with van der Waals surface area (Å²) >= 11 is 13.6. The van der Waals surface area contributed by atoms with Crippen LogP contribution in [0.2, 0.25) is 10.0 Å². The van der Waals surface area contributed by atoms with E-state index in [1.807, 2.05) is 12.1 Å². The maximum absolute atomic E-state index is 12.0. The summed E-state index contributed by atoms with van der Waals surface area (Å²) in [5, 5.41) is 14.2. The molecule has 2 N–H and O–H groups in total. The second-order valence-corrected chi connectivity index (χ2v) is 7.03. The van der Waals surface area contributed by atoms with Crippen molar-refractivity contribution in [2.75, 3.05) is 18.1 Å². The van der Waals surface area contributed by atoms with E-state index in [1.54, 1.807) is 17.8 Å². The fourth-order valence-corrected chi connectivity index (χ4v) is 3.92. The maximum Gasteiger partial charge on any atom is 0.252 e. The fourth-order valence-electron chi connectivity index (χ4n) is 2.18. The average Bonchev–Trinajstić information content (AvgIpc) is 2.38. The van der Waals surface area contributed by atoms with Crippen LogP contribution in [0.4, 0.5) is 0 Å². The molecule has 0 saturated carbocycles. The number of thioether (sulfide) groups is 1. The van der Waals surface area contributed by atoms with Crippen molar-refractivity contribution < 1.29 is 9.90 Å². The third kappa shape index (κ3) is 4.29. The van der Waals surface area contributed by atoms with Gasteiger partial charge in [-0.15, -0.1) is 0 Å². The number of benzene rings is 1. The van der Waals surface area contributed by atoms with Gasteiger partial charge in [-0.2, -0.15) is 11.8 Å². The lowest BCUT2D eigenvalue weighted by Gasteiger charge is -2.30. The summed E-state index contributed by atoms with van der Waals surface area (Å²) < 4.78 is 0. The highest BCUT2D eigenvalue weighted by atomic mass is 35.5. The smallest absolute Gasteiger partial charge is 0.252 e. The number of carbonyl (C=O) groups excluding carboxylic acids is 1. The van der Waals surface area contributed by atoms with Crippen LogP contribution < -0.4 is 5.32 Å². The molecule has 1 aliphatic rings. The molecule has 6 heteroatoms. The first kappa shape index (κ1) is 16.0. The first-order valence-corrected chi connectivity index (χ1v) is 8.44. The summed E-state index contributed by atoms with van der Waals surface area (Å²) in [6.45, 7) is 0.463. The zero-order valence-electron chi connectivity index (χ0n) is 11.0. The fraction of sp³-hybridized carbons (Fsp3) is 0.500. The average molecular weight is 334 g/mol. The van der Waals surface area contributed by atoms with Crippen LogP contribution in [0.3, 0.4) is 0 Å². The van der Waals surface area contributed by atoms with Gasteiger partial charge >= 0.3 is 0 Å². The Balaban J connectivity index is 1.84. The van der Waals surface area contributed by atoms with Gasteiger partial charge in [0.2, 0.25) is 0 Å². The molecule has 0 atom stereocenters. The number of nitrogens with one attached hydrogen (secondary N) is 1. The monoisotopic (exact) mass is 333 g/mol. The molecule has 1 aliphatic heterocycles. The number of amides is 1. The van der Waals surface area contributed by atoms with Crippen molar-refractivity contribution in [2.24, 2.45) is 0 Å². The molecule has 1 amide bonds. The van der Waals surface area contributed by atoms with E-state index in [1.165, 1.54) is 0 Å². The molecule has 0 bridgehead atoms. The van der Waals surface area contributed by atoms with Crippen LogP contribution in [0.1, 0.15) is 18.4 Å². The molecule has 1 aromatic rings. The van der Waals surface area contributed by atoms with Crippen LogP contribution in [0.5, 0.6) is 0 Å². The molecule has 2 rings (SSSR count). The third-order valence-corrected chi connectivity index (χ3v) is 4.79. The molecule has 0 aliphatic carbocycles. The van der Waals surface area contributed by atoms with Gasteiger partial charge in [-0.1, -0.05) is 23.2 Å². The highest BCUT2D eigenvalue weighted by Crippen LogP contribution is 2.27. The van der Waals surface area contributed by atoms with Gasteiger partial charge in [0.25, 0.3) is 5.91 Å². The molecule has 20 heavy (non-hydrogen) atoms. The van der Waals surface area contributed by atoms with E-state index in [-0.39, 0.29) is 5.91 Å². The summed E-state index contributed by atoms with van der Waals surface area (Å²) in [4.78, 5) is 12.0. The Hall–Kier alpha value is -0.420. The van der Waals surface area contributed by atoms with E-state index in [9.17, 15) is 9.90 Å². The van der Waals surface area contributed by atoms with Crippen LogP contribution in [0.25, 0.3) is 0 Å². The van der Waals surface area contributed by atoms with E-state index in [2.05, 4.69) is 5.32 Å². The molecule has 1 heterocycles. The zero-order valence-corrected chi connectivity index (χ0v) is 13.3. The molecule has 0 aromatic heterocycles. The molecule has 0 radical (unpaired) electrons. The largest absolute Gasteiger partial charge is 0.380 e.